The summed E-state index contributed by atoms with van der Waals surface area (Å²) in [7, 11) is 0. The summed E-state index contributed by atoms with van der Waals surface area (Å²) in [6, 6.07) is 79.6. The minimum atomic E-state index is 0.837. The fourth-order valence-corrected chi connectivity index (χ4v) is 8.89. The highest BCUT2D eigenvalue weighted by molar-refractivity contribution is 5.99. The van der Waals surface area contributed by atoms with Crippen LogP contribution in [-0.4, -0.2) is 0 Å². The number of nitrogens with zero attached hydrogens (tertiary/aromatic N) is 2. The van der Waals surface area contributed by atoms with E-state index in [0.717, 1.165) is 13.1 Å². The Hall–Kier alpha value is -7.94. The van der Waals surface area contributed by atoms with Crippen molar-refractivity contribution in [3.8, 4) is 89.0 Å². The van der Waals surface area contributed by atoms with E-state index in [4.69, 9.17) is 0 Å². The number of pyridine rings is 2. The number of hydrogen-bond acceptors (Lipinski definition) is 0. The van der Waals surface area contributed by atoms with Crippen LogP contribution in [0.1, 0.15) is 11.1 Å². The van der Waals surface area contributed by atoms with Gasteiger partial charge in [0.2, 0.25) is 13.1 Å². The third-order valence-corrected chi connectivity index (χ3v) is 12.4. The van der Waals surface area contributed by atoms with Crippen molar-refractivity contribution in [1.29, 1.82) is 0 Å². The molecule has 0 atom stereocenters. The molecule has 10 rings (SSSR count). The fraction of sp³-hybridized carbons (Fsp3) is 0.0645. The third-order valence-electron chi connectivity index (χ3n) is 12.4. The summed E-state index contributed by atoms with van der Waals surface area (Å²) >= 11 is 0. The summed E-state index contributed by atoms with van der Waals surface area (Å²) in [5, 5.41) is 0. The van der Waals surface area contributed by atoms with Gasteiger partial charge in [-0.25, -0.2) is 0 Å². The Morgan fingerprint density at radius 1 is 0.250 bits per heavy atom. The smallest absolute Gasteiger partial charge is 0.198 e. The second kappa shape index (κ2) is 18.2. The van der Waals surface area contributed by atoms with E-state index in [1.54, 1.807) is 0 Å². The van der Waals surface area contributed by atoms with E-state index >= 15 is 0 Å². The Morgan fingerprint density at radius 3 is 0.781 bits per heavy atom. The molecule has 0 aliphatic carbocycles. The van der Waals surface area contributed by atoms with E-state index < -0.39 is 0 Å². The van der Waals surface area contributed by atoms with E-state index in [1.165, 1.54) is 100 Å². The van der Waals surface area contributed by atoms with E-state index in [9.17, 15) is 0 Å². The second-order valence-electron chi connectivity index (χ2n) is 16.7. The van der Waals surface area contributed by atoms with Gasteiger partial charge in [0.1, 0.15) is 0 Å². The molecule has 306 valence electrons. The molecular weight excluding hydrogens is 773 g/mol. The van der Waals surface area contributed by atoms with Gasteiger partial charge in [0, 0.05) is 24.3 Å². The summed E-state index contributed by atoms with van der Waals surface area (Å²) in [5.74, 6) is 0. The SMILES string of the molecule is Cc1ccc(-c2cc(-c3ccccc3)c(-c3cc[n+](CC[n+]4ccc(-c5c(-c6ccccc6)cc(-c6ccc(C)cc6)cc5-c5ccccc5)cc4)cc3)c(-c3ccccc3)c2)cc1. The first-order valence-electron chi connectivity index (χ1n) is 22.2. The third kappa shape index (κ3) is 8.60. The average molecular weight is 823 g/mol. The van der Waals surface area contributed by atoms with Crippen molar-refractivity contribution < 1.29 is 9.13 Å². The Kier molecular flexibility index (Phi) is 11.4. The van der Waals surface area contributed by atoms with Gasteiger partial charge < -0.3 is 0 Å². The molecule has 0 aliphatic heterocycles. The van der Waals surface area contributed by atoms with Crippen molar-refractivity contribution in [3.05, 3.63) is 254 Å². The molecule has 0 amide bonds. The summed E-state index contributed by atoms with van der Waals surface area (Å²) in [4.78, 5) is 0. The fourth-order valence-electron chi connectivity index (χ4n) is 8.89. The highest BCUT2D eigenvalue weighted by atomic mass is 15.0. The monoisotopic (exact) mass is 822 g/mol. The standard InChI is InChI=1S/C62H50N2/c1-45-23-27-47(28-24-45)55-41-57(49-15-7-3-8-16-49)61(58(42-55)50-17-9-4-10-18-50)53-31-35-63(36-32-53)39-40-64-37-33-54(34-38-64)62-59(51-19-11-5-12-20-51)43-56(48-29-25-46(2)26-30-48)44-60(62)52-21-13-6-14-22-52/h3-38,41-44H,39-40H2,1-2H3/q+2. The molecule has 2 nitrogen and oxygen atoms in total. The van der Waals surface area contributed by atoms with Crippen LogP contribution in [0.4, 0.5) is 0 Å². The van der Waals surface area contributed by atoms with Crippen LogP contribution in [0.5, 0.6) is 0 Å². The zero-order valence-corrected chi connectivity index (χ0v) is 36.4. The van der Waals surface area contributed by atoms with E-state index in [1.807, 2.05) is 0 Å². The Balaban J connectivity index is 0.976. The number of rotatable bonds is 11. The second-order valence-corrected chi connectivity index (χ2v) is 16.7. The lowest BCUT2D eigenvalue weighted by atomic mass is 9.85. The summed E-state index contributed by atoms with van der Waals surface area (Å²) in [6.07, 6.45) is 8.93. The summed E-state index contributed by atoms with van der Waals surface area (Å²) in [6.45, 7) is 5.96. The van der Waals surface area contributed by atoms with Crippen LogP contribution in [0.15, 0.2) is 243 Å². The van der Waals surface area contributed by atoms with Crippen molar-refractivity contribution >= 4 is 0 Å². The molecule has 0 saturated heterocycles. The first-order chi connectivity index (χ1) is 31.5. The first-order valence-corrected chi connectivity index (χ1v) is 22.2. The quantitative estimate of drug-likeness (QED) is 0.115. The Morgan fingerprint density at radius 2 is 0.516 bits per heavy atom. The maximum atomic E-state index is 2.37. The minimum absolute atomic E-state index is 0.837. The number of aryl methyl sites for hydroxylation is 4. The maximum Gasteiger partial charge on any atom is 0.206 e. The molecule has 0 N–H and O–H groups in total. The lowest BCUT2D eigenvalue weighted by Gasteiger charge is -2.19. The van der Waals surface area contributed by atoms with E-state index in [2.05, 4.69) is 266 Å². The molecule has 64 heavy (non-hydrogen) atoms. The molecule has 0 saturated carbocycles. The van der Waals surface area contributed by atoms with Crippen LogP contribution in [0.2, 0.25) is 0 Å². The Labute approximate surface area is 377 Å². The predicted octanol–water partition coefficient (Wildman–Crippen LogP) is 14.9. The Bertz CT molecular complexity index is 2800. The van der Waals surface area contributed by atoms with Crippen molar-refractivity contribution in [2.45, 2.75) is 26.9 Å². The van der Waals surface area contributed by atoms with Crippen molar-refractivity contribution in [3.63, 3.8) is 0 Å². The highest BCUT2D eigenvalue weighted by Crippen LogP contribution is 2.45. The molecule has 2 aromatic heterocycles. The zero-order chi connectivity index (χ0) is 43.2. The molecule has 0 fully saturated rings. The van der Waals surface area contributed by atoms with Gasteiger partial charge in [-0.3, -0.25) is 0 Å². The molecule has 8 aromatic carbocycles. The molecule has 0 bridgehead atoms. The molecule has 0 radical (unpaired) electrons. The molecule has 0 spiro atoms. The zero-order valence-electron chi connectivity index (χ0n) is 36.4. The van der Waals surface area contributed by atoms with Gasteiger partial charge in [0.05, 0.1) is 0 Å². The minimum Gasteiger partial charge on any atom is -0.198 e. The van der Waals surface area contributed by atoms with Crippen molar-refractivity contribution in [2.75, 3.05) is 0 Å². The van der Waals surface area contributed by atoms with Crippen LogP contribution in [-0.2, 0) is 13.1 Å². The largest absolute Gasteiger partial charge is 0.206 e. The lowest BCUT2D eigenvalue weighted by molar-refractivity contribution is -0.778. The number of hydrogen-bond donors (Lipinski definition) is 0. The summed E-state index contributed by atoms with van der Waals surface area (Å²) in [5.41, 5.74) is 21.9. The van der Waals surface area contributed by atoms with E-state index in [-0.39, 0.29) is 0 Å². The van der Waals surface area contributed by atoms with E-state index in [0.29, 0.717) is 0 Å². The topological polar surface area (TPSA) is 7.76 Å². The van der Waals surface area contributed by atoms with Crippen LogP contribution in [0.3, 0.4) is 0 Å². The van der Waals surface area contributed by atoms with Gasteiger partial charge in [-0.1, -0.05) is 181 Å². The van der Waals surface area contributed by atoms with Gasteiger partial charge >= 0.3 is 0 Å². The molecule has 0 aliphatic rings. The molecule has 2 heterocycles. The maximum absolute atomic E-state index is 2.37. The van der Waals surface area contributed by atoms with Gasteiger partial charge in [-0.05, 0) is 127 Å². The van der Waals surface area contributed by atoms with Gasteiger partial charge in [-0.15, -0.1) is 0 Å². The van der Waals surface area contributed by atoms with Crippen LogP contribution < -0.4 is 9.13 Å². The van der Waals surface area contributed by atoms with Crippen LogP contribution in [0.25, 0.3) is 89.0 Å². The number of aromatic nitrogens is 2. The van der Waals surface area contributed by atoms with Gasteiger partial charge in [0.25, 0.3) is 0 Å². The van der Waals surface area contributed by atoms with Crippen LogP contribution in [0, 0.1) is 13.8 Å². The molecule has 2 heteroatoms. The lowest BCUT2D eigenvalue weighted by Crippen LogP contribution is -2.43. The van der Waals surface area contributed by atoms with Crippen LogP contribution >= 0.6 is 0 Å². The van der Waals surface area contributed by atoms with Gasteiger partial charge in [-0.2, -0.15) is 9.13 Å². The highest BCUT2D eigenvalue weighted by Gasteiger charge is 2.20. The average Bonchev–Trinajstić information content (AvgIpc) is 3.37. The van der Waals surface area contributed by atoms with Crippen molar-refractivity contribution in [1.82, 2.24) is 0 Å². The van der Waals surface area contributed by atoms with Gasteiger partial charge in [0.15, 0.2) is 24.8 Å². The molecule has 0 unspecified atom stereocenters. The first kappa shape index (κ1) is 40.2. The summed E-state index contributed by atoms with van der Waals surface area (Å²) < 4.78 is 4.58. The number of benzene rings is 8. The predicted molar refractivity (Wildman–Crippen MR) is 266 cm³/mol. The van der Waals surface area contributed by atoms with Crippen molar-refractivity contribution in [2.24, 2.45) is 0 Å². The molecular formula is C62H50N2+2. The molecule has 10 aromatic rings. The normalized spacial score (nSPS) is 11.1.